The van der Waals surface area contributed by atoms with E-state index >= 15 is 0 Å². The van der Waals surface area contributed by atoms with Gasteiger partial charge in [0.15, 0.2) is 0 Å². The highest BCUT2D eigenvalue weighted by atomic mass is 19.4. The Morgan fingerprint density at radius 3 is 2.51 bits per heavy atom. The number of carboxylic acid groups (broad SMARTS) is 1. The van der Waals surface area contributed by atoms with Crippen LogP contribution < -0.4 is 10.5 Å². The third-order valence-corrected chi connectivity index (χ3v) is 5.60. The van der Waals surface area contributed by atoms with Crippen molar-refractivity contribution >= 4 is 17.7 Å². The molecule has 2 aromatic carbocycles. The first-order chi connectivity index (χ1) is 16.6. The highest BCUT2D eigenvalue weighted by Gasteiger charge is 2.34. The van der Waals surface area contributed by atoms with Crippen LogP contribution in [-0.2, 0) is 35.3 Å². The van der Waals surface area contributed by atoms with Crippen LogP contribution in [0.25, 0.3) is 0 Å². The number of halogens is 3. The van der Waals surface area contributed by atoms with Crippen molar-refractivity contribution in [3.63, 3.8) is 0 Å². The predicted molar refractivity (Wildman–Crippen MR) is 118 cm³/mol. The molecule has 11 heteroatoms. The van der Waals surface area contributed by atoms with E-state index in [0.717, 1.165) is 27.8 Å². The third kappa shape index (κ3) is 5.18. The van der Waals surface area contributed by atoms with Crippen LogP contribution in [0.2, 0.25) is 0 Å². The number of rotatable bonds is 6. The summed E-state index contributed by atoms with van der Waals surface area (Å²) in [5.74, 6) is -0.969. The minimum absolute atomic E-state index is 0.0937. The van der Waals surface area contributed by atoms with E-state index in [9.17, 15) is 32.7 Å². The number of carbonyl (C=O) groups is 2. The molecule has 1 amide bonds. The van der Waals surface area contributed by atoms with Gasteiger partial charge in [-0.1, -0.05) is 42.5 Å². The smallest absolute Gasteiger partial charge is 0.416 e. The Balaban J connectivity index is 1.71. The van der Waals surface area contributed by atoms with Gasteiger partial charge in [-0.15, -0.1) is 0 Å². The van der Waals surface area contributed by atoms with Crippen molar-refractivity contribution in [2.45, 2.75) is 38.2 Å². The average Bonchev–Trinajstić information content (AvgIpc) is 3.27. The number of aromatic nitrogens is 2. The molecule has 3 aromatic rings. The van der Waals surface area contributed by atoms with Gasteiger partial charge in [-0.25, -0.2) is 14.6 Å². The zero-order valence-corrected chi connectivity index (χ0v) is 18.2. The molecule has 1 aliphatic heterocycles. The second-order valence-corrected chi connectivity index (χ2v) is 7.95. The summed E-state index contributed by atoms with van der Waals surface area (Å²) in [6, 6.07) is 11.9. The molecular formula is C24H20F3N3O5. The molecule has 0 saturated heterocycles. The lowest BCUT2D eigenvalue weighted by Crippen LogP contribution is -2.38. The predicted octanol–water partition coefficient (Wildman–Crippen LogP) is 4.18. The van der Waals surface area contributed by atoms with Gasteiger partial charge in [-0.3, -0.25) is 14.3 Å². The van der Waals surface area contributed by atoms with Gasteiger partial charge in [0.05, 0.1) is 18.3 Å². The fourth-order valence-corrected chi connectivity index (χ4v) is 3.89. The topological polar surface area (TPSA) is 102 Å². The molecule has 0 aliphatic carbocycles. The lowest BCUT2D eigenvalue weighted by Gasteiger charge is -2.23. The lowest BCUT2D eigenvalue weighted by atomic mass is 10.1. The number of nitrogens with zero attached hydrogens (tertiary/aromatic N) is 3. The number of anilines is 1. The molecule has 0 bridgehead atoms. The van der Waals surface area contributed by atoms with E-state index in [0.29, 0.717) is 5.56 Å². The summed E-state index contributed by atoms with van der Waals surface area (Å²) < 4.78 is 45.9. The molecule has 4 rings (SSSR count). The highest BCUT2D eigenvalue weighted by Crippen LogP contribution is 2.30. The number of hydrogen-bond acceptors (Lipinski definition) is 5. The first kappa shape index (κ1) is 24.0. The van der Waals surface area contributed by atoms with Crippen molar-refractivity contribution in [1.82, 2.24) is 9.55 Å². The monoisotopic (exact) mass is 487 g/mol. The van der Waals surface area contributed by atoms with Gasteiger partial charge in [-0.05, 0) is 29.7 Å². The van der Waals surface area contributed by atoms with Crippen LogP contribution in [0.5, 0.6) is 0 Å². The number of aliphatic carboxylic acids is 1. The molecule has 1 N–H and O–H groups in total. The van der Waals surface area contributed by atoms with Crippen LogP contribution in [0.4, 0.5) is 23.7 Å². The third-order valence-electron chi connectivity index (χ3n) is 5.60. The van der Waals surface area contributed by atoms with Crippen molar-refractivity contribution in [3.05, 3.63) is 93.7 Å². The Morgan fingerprint density at radius 2 is 1.83 bits per heavy atom. The number of ether oxygens (including phenoxy) is 1. The highest BCUT2D eigenvalue weighted by molar-refractivity contribution is 5.87. The van der Waals surface area contributed by atoms with E-state index in [2.05, 4.69) is 4.98 Å². The molecule has 35 heavy (non-hydrogen) atoms. The van der Waals surface area contributed by atoms with Crippen LogP contribution in [0.15, 0.2) is 65.6 Å². The zero-order chi connectivity index (χ0) is 25.2. The van der Waals surface area contributed by atoms with Crippen molar-refractivity contribution in [1.29, 1.82) is 0 Å². The van der Waals surface area contributed by atoms with Gasteiger partial charge in [0, 0.05) is 6.42 Å². The normalized spacial score (nSPS) is 14.9. The van der Waals surface area contributed by atoms with Gasteiger partial charge in [0.2, 0.25) is 0 Å². The van der Waals surface area contributed by atoms with Crippen LogP contribution in [0.1, 0.15) is 35.0 Å². The van der Waals surface area contributed by atoms with Crippen LogP contribution in [-0.4, -0.2) is 26.7 Å². The van der Waals surface area contributed by atoms with Gasteiger partial charge in [0.25, 0.3) is 5.56 Å². The summed E-state index contributed by atoms with van der Waals surface area (Å²) in [6.45, 7) is -0.568. The van der Waals surface area contributed by atoms with E-state index in [1.807, 2.05) is 0 Å². The van der Waals surface area contributed by atoms with Gasteiger partial charge in [-0.2, -0.15) is 13.2 Å². The van der Waals surface area contributed by atoms with Crippen LogP contribution in [0.3, 0.4) is 0 Å². The number of carboxylic acids is 1. The van der Waals surface area contributed by atoms with Gasteiger partial charge >= 0.3 is 18.2 Å². The fraction of sp³-hybridized carbons (Fsp3) is 0.250. The Hall–Kier alpha value is -4.15. The second-order valence-electron chi connectivity index (χ2n) is 7.95. The number of benzene rings is 2. The molecular weight excluding hydrogens is 467 g/mol. The number of alkyl halides is 3. The van der Waals surface area contributed by atoms with E-state index < -0.39 is 41.9 Å². The molecule has 0 radical (unpaired) electrons. The molecule has 1 unspecified atom stereocenters. The van der Waals surface area contributed by atoms with Crippen molar-refractivity contribution in [3.8, 4) is 0 Å². The molecule has 1 aromatic heterocycles. The quantitative estimate of drug-likeness (QED) is 0.560. The zero-order valence-electron chi connectivity index (χ0n) is 18.2. The number of amides is 1. The number of hydrogen-bond donors (Lipinski definition) is 1. The van der Waals surface area contributed by atoms with E-state index in [4.69, 9.17) is 4.74 Å². The summed E-state index contributed by atoms with van der Waals surface area (Å²) in [5, 5.41) is 9.48. The second kappa shape index (κ2) is 9.61. The molecule has 0 spiro atoms. The largest absolute Gasteiger partial charge is 0.480 e. The average molecular weight is 487 g/mol. The number of aryl methyl sites for hydroxylation is 1. The van der Waals surface area contributed by atoms with Crippen LogP contribution in [0, 0.1) is 0 Å². The van der Waals surface area contributed by atoms with Crippen molar-refractivity contribution < 1.29 is 32.6 Å². The first-order valence-electron chi connectivity index (χ1n) is 10.6. The maximum atomic E-state index is 13.2. The molecule has 182 valence electrons. The lowest BCUT2D eigenvalue weighted by molar-refractivity contribution is -0.141. The van der Waals surface area contributed by atoms with E-state index in [-0.39, 0.29) is 36.5 Å². The molecule has 1 atom stereocenters. The Kier molecular flexibility index (Phi) is 6.59. The summed E-state index contributed by atoms with van der Waals surface area (Å²) >= 11 is 0. The van der Waals surface area contributed by atoms with Crippen molar-refractivity contribution in [2.24, 2.45) is 0 Å². The molecule has 0 saturated carbocycles. The standard InChI is InChI=1S/C24H20F3N3O5/c25-24(26,27)17-8-4-7-16(11-17)13-29(23(34)35-14-15-5-2-1-3-6-15)19-12-28-20-10-9-18(22(32)33)30(20)21(19)31/h1-8,11-12,18H,9-10,13-14H2,(H,32,33). The fourth-order valence-electron chi connectivity index (χ4n) is 3.89. The van der Waals surface area contributed by atoms with Gasteiger partial charge in [0.1, 0.15) is 24.2 Å². The first-order valence-corrected chi connectivity index (χ1v) is 10.6. The minimum atomic E-state index is -4.60. The molecule has 8 nitrogen and oxygen atoms in total. The Morgan fingerprint density at radius 1 is 1.11 bits per heavy atom. The Labute approximate surface area is 197 Å². The van der Waals surface area contributed by atoms with Crippen molar-refractivity contribution in [2.75, 3.05) is 4.90 Å². The molecule has 1 aliphatic rings. The van der Waals surface area contributed by atoms with Crippen LogP contribution >= 0.6 is 0 Å². The van der Waals surface area contributed by atoms with E-state index in [1.54, 1.807) is 30.3 Å². The number of carbonyl (C=O) groups excluding carboxylic acids is 1. The molecule has 2 heterocycles. The summed E-state index contributed by atoms with van der Waals surface area (Å²) in [5.41, 5.74) is -1.24. The summed E-state index contributed by atoms with van der Waals surface area (Å²) in [7, 11) is 0. The van der Waals surface area contributed by atoms with E-state index in [1.165, 1.54) is 12.1 Å². The Bertz CT molecular complexity index is 1310. The SMILES string of the molecule is O=C(O)C1CCc2ncc(N(Cc3cccc(C(F)(F)F)c3)C(=O)OCc3ccccc3)c(=O)n21. The summed E-state index contributed by atoms with van der Waals surface area (Å²) in [4.78, 5) is 42.9. The van der Waals surface area contributed by atoms with Gasteiger partial charge < -0.3 is 9.84 Å². The molecule has 0 fully saturated rings. The maximum Gasteiger partial charge on any atom is 0.416 e. The summed E-state index contributed by atoms with van der Waals surface area (Å²) in [6.07, 6.45) is -4.05. The number of fused-ring (bicyclic) bond motifs is 1. The minimum Gasteiger partial charge on any atom is -0.480 e. The maximum absolute atomic E-state index is 13.2.